The van der Waals surface area contributed by atoms with Gasteiger partial charge in [-0.05, 0) is 91.6 Å². The lowest BCUT2D eigenvalue weighted by atomic mass is 9.68. The van der Waals surface area contributed by atoms with Crippen molar-refractivity contribution >= 4 is 39.2 Å². The monoisotopic (exact) mass is 642 g/mol. The molecule has 11 heteroatoms. The summed E-state index contributed by atoms with van der Waals surface area (Å²) in [7, 11) is -3.77. The highest BCUT2D eigenvalue weighted by Gasteiger charge is 2.43. The zero-order valence-electron chi connectivity index (χ0n) is 23.6. The van der Waals surface area contributed by atoms with Crippen LogP contribution in [0.15, 0.2) is 77.7 Å². The van der Waals surface area contributed by atoms with Crippen LogP contribution in [0.2, 0.25) is 10.0 Å². The number of sulfonamides is 1. The van der Waals surface area contributed by atoms with Crippen molar-refractivity contribution in [3.05, 3.63) is 99.5 Å². The Hall–Kier alpha value is -2.50. The number of carboxylic acids is 1. The molecule has 3 aromatic rings. The quantitative estimate of drug-likeness (QED) is 0.257. The van der Waals surface area contributed by atoms with Gasteiger partial charge >= 0.3 is 5.97 Å². The van der Waals surface area contributed by atoms with Crippen molar-refractivity contribution in [3.8, 4) is 0 Å². The number of carboxylic acid groups (broad SMARTS) is 1. The molecule has 8 nitrogen and oxygen atoms in total. The molecule has 228 valence electrons. The second kappa shape index (κ2) is 12.9. The van der Waals surface area contributed by atoms with Crippen LogP contribution in [-0.2, 0) is 10.0 Å². The molecule has 3 aliphatic rings. The molecule has 0 radical (unpaired) electrons. The minimum Gasteiger partial charge on any atom is -0.478 e. The summed E-state index contributed by atoms with van der Waals surface area (Å²) in [4.78, 5) is 11.4. The molecule has 3 fully saturated rings. The fraction of sp³-hybridized carbons (Fsp3) is 0.406. The van der Waals surface area contributed by atoms with E-state index in [2.05, 4.69) is 40.4 Å². The molecular weight excluding hydrogens is 607 g/mol. The van der Waals surface area contributed by atoms with Gasteiger partial charge < -0.3 is 5.11 Å². The second-order valence-electron chi connectivity index (χ2n) is 11.9. The molecule has 2 aliphatic heterocycles. The predicted molar refractivity (Wildman–Crippen MR) is 168 cm³/mol. The average molecular weight is 644 g/mol. The topological polar surface area (TPSA) is 111 Å². The summed E-state index contributed by atoms with van der Waals surface area (Å²) >= 11 is 12.5. The SMILES string of the molecule is O=C(O)c1cccc(S(=O)(=O)N2CCC(NC3NNC4CCC(C(c5ccc(Cl)cc5)c5ccc(Cl)cc5)CC43)CC2)c1. The molecule has 0 spiro atoms. The highest BCUT2D eigenvalue weighted by Crippen LogP contribution is 2.44. The van der Waals surface area contributed by atoms with Crippen LogP contribution < -0.4 is 16.2 Å². The third-order valence-corrected chi connectivity index (χ3v) is 11.7. The Labute approximate surface area is 262 Å². The number of nitrogens with zero attached hydrogens (tertiary/aromatic N) is 1. The van der Waals surface area contributed by atoms with E-state index in [4.69, 9.17) is 23.2 Å². The van der Waals surface area contributed by atoms with Gasteiger partial charge in [-0.3, -0.25) is 10.7 Å². The van der Waals surface area contributed by atoms with Crippen molar-refractivity contribution in [1.29, 1.82) is 0 Å². The first-order chi connectivity index (χ1) is 20.7. The molecular formula is C32H36Cl2N4O4S. The lowest BCUT2D eigenvalue weighted by Crippen LogP contribution is -2.53. The summed E-state index contributed by atoms with van der Waals surface area (Å²) in [5.41, 5.74) is 9.49. The number of halogens is 2. The van der Waals surface area contributed by atoms with E-state index in [0.717, 1.165) is 29.3 Å². The van der Waals surface area contributed by atoms with Crippen LogP contribution in [0.25, 0.3) is 0 Å². The molecule has 1 aliphatic carbocycles. The highest BCUT2D eigenvalue weighted by molar-refractivity contribution is 7.89. The number of rotatable bonds is 8. The Bertz CT molecular complexity index is 1500. The third kappa shape index (κ3) is 6.63. The molecule has 3 aromatic carbocycles. The lowest BCUT2D eigenvalue weighted by Gasteiger charge is -2.39. The van der Waals surface area contributed by atoms with Crippen LogP contribution >= 0.6 is 23.2 Å². The molecule has 0 bridgehead atoms. The van der Waals surface area contributed by atoms with Crippen molar-refractivity contribution in [2.24, 2.45) is 11.8 Å². The number of aromatic carboxylic acids is 1. The molecule has 4 N–H and O–H groups in total. The first-order valence-corrected chi connectivity index (χ1v) is 17.0. The van der Waals surface area contributed by atoms with Crippen molar-refractivity contribution in [2.45, 2.75) is 61.2 Å². The van der Waals surface area contributed by atoms with E-state index in [1.54, 1.807) is 0 Å². The normalized spacial score (nSPS) is 25.1. The summed E-state index contributed by atoms with van der Waals surface area (Å²) < 4.78 is 28.0. The van der Waals surface area contributed by atoms with Gasteiger partial charge in [-0.15, -0.1) is 0 Å². The van der Waals surface area contributed by atoms with Gasteiger partial charge in [0.1, 0.15) is 0 Å². The average Bonchev–Trinajstić information content (AvgIpc) is 3.41. The van der Waals surface area contributed by atoms with E-state index >= 15 is 0 Å². The van der Waals surface area contributed by atoms with Crippen molar-refractivity contribution in [1.82, 2.24) is 20.5 Å². The molecule has 4 unspecified atom stereocenters. The molecule has 0 amide bonds. The van der Waals surface area contributed by atoms with Gasteiger partial charge in [-0.25, -0.2) is 18.6 Å². The molecule has 2 saturated heterocycles. The maximum absolute atomic E-state index is 13.2. The van der Waals surface area contributed by atoms with Gasteiger partial charge in [-0.1, -0.05) is 53.5 Å². The van der Waals surface area contributed by atoms with E-state index in [9.17, 15) is 18.3 Å². The van der Waals surface area contributed by atoms with Crippen molar-refractivity contribution in [2.75, 3.05) is 13.1 Å². The van der Waals surface area contributed by atoms with Crippen LogP contribution in [0.3, 0.4) is 0 Å². The number of hydrazine groups is 1. The summed E-state index contributed by atoms with van der Waals surface area (Å²) in [6, 6.07) is 22.5. The lowest BCUT2D eigenvalue weighted by molar-refractivity contribution is 0.0696. The zero-order valence-corrected chi connectivity index (χ0v) is 26.0. The smallest absolute Gasteiger partial charge is 0.335 e. The minimum absolute atomic E-state index is 0.0208. The van der Waals surface area contributed by atoms with Crippen LogP contribution in [-0.4, -0.2) is 55.1 Å². The van der Waals surface area contributed by atoms with E-state index in [-0.39, 0.29) is 28.6 Å². The van der Waals surface area contributed by atoms with Gasteiger partial charge in [0.05, 0.1) is 16.6 Å². The van der Waals surface area contributed by atoms with E-state index in [0.29, 0.717) is 43.8 Å². The predicted octanol–water partition coefficient (Wildman–Crippen LogP) is 5.49. The zero-order chi connectivity index (χ0) is 30.1. The number of hydrogen-bond acceptors (Lipinski definition) is 6. The summed E-state index contributed by atoms with van der Waals surface area (Å²) in [5, 5.41) is 14.5. The summed E-state index contributed by atoms with van der Waals surface area (Å²) in [5.74, 6) is -0.108. The van der Waals surface area contributed by atoms with Crippen LogP contribution in [0, 0.1) is 11.8 Å². The molecule has 6 rings (SSSR count). The number of fused-ring (bicyclic) bond motifs is 1. The largest absolute Gasteiger partial charge is 0.478 e. The third-order valence-electron chi connectivity index (χ3n) is 9.31. The highest BCUT2D eigenvalue weighted by atomic mass is 35.5. The summed E-state index contributed by atoms with van der Waals surface area (Å²) in [6.45, 7) is 0.757. The van der Waals surface area contributed by atoms with E-state index in [1.165, 1.54) is 39.7 Å². The Balaban J connectivity index is 1.12. The number of benzene rings is 3. The molecule has 43 heavy (non-hydrogen) atoms. The number of nitrogens with one attached hydrogen (secondary N) is 3. The van der Waals surface area contributed by atoms with Gasteiger partial charge in [0.15, 0.2) is 0 Å². The first-order valence-electron chi connectivity index (χ1n) is 14.8. The maximum Gasteiger partial charge on any atom is 0.335 e. The molecule has 0 aromatic heterocycles. The number of hydrogen-bond donors (Lipinski definition) is 4. The van der Waals surface area contributed by atoms with E-state index < -0.39 is 16.0 Å². The van der Waals surface area contributed by atoms with E-state index in [1.807, 2.05) is 24.3 Å². The number of carbonyl (C=O) groups is 1. The number of piperidine rings is 1. The van der Waals surface area contributed by atoms with Crippen LogP contribution in [0.1, 0.15) is 59.5 Å². The van der Waals surface area contributed by atoms with Crippen molar-refractivity contribution < 1.29 is 18.3 Å². The first kappa shape index (κ1) is 30.5. The molecule has 2 heterocycles. The fourth-order valence-corrected chi connectivity index (χ4v) is 8.86. The fourth-order valence-electron chi connectivity index (χ4n) is 7.09. The van der Waals surface area contributed by atoms with Crippen LogP contribution in [0.5, 0.6) is 0 Å². The van der Waals surface area contributed by atoms with Crippen LogP contribution in [0.4, 0.5) is 0 Å². The Morgan fingerprint density at radius 2 is 1.51 bits per heavy atom. The Kier molecular flexibility index (Phi) is 9.12. The van der Waals surface area contributed by atoms with Gasteiger partial charge in [0.25, 0.3) is 0 Å². The Morgan fingerprint density at radius 1 is 0.884 bits per heavy atom. The maximum atomic E-state index is 13.2. The molecule has 1 saturated carbocycles. The van der Waals surface area contributed by atoms with Crippen molar-refractivity contribution in [3.63, 3.8) is 0 Å². The Morgan fingerprint density at radius 3 is 2.12 bits per heavy atom. The van der Waals surface area contributed by atoms with Gasteiger partial charge in [0.2, 0.25) is 10.0 Å². The minimum atomic E-state index is -3.77. The second-order valence-corrected chi connectivity index (χ2v) is 14.7. The van der Waals surface area contributed by atoms with Gasteiger partial charge in [-0.2, -0.15) is 4.31 Å². The summed E-state index contributed by atoms with van der Waals surface area (Å²) in [6.07, 6.45) is 4.61. The molecule has 4 atom stereocenters. The van der Waals surface area contributed by atoms with Gasteiger partial charge in [0, 0.05) is 47.1 Å². The standard InChI is InChI=1S/C32H36Cl2N4O4S/c33-24-9-4-20(5-10-24)30(21-6-11-25(34)12-7-21)22-8-13-29-28(19-22)31(37-36-29)35-26-14-16-38(17-15-26)43(41,42)27-3-1-2-23(18-27)32(39)40/h1-7,9-12,18,22,26,28-31,35-37H,8,13-17,19H2,(H,39,40).